The molecule has 0 aliphatic carbocycles. The first-order chi connectivity index (χ1) is 4.29. The molecule has 1 aromatic heterocycles. The van der Waals surface area contributed by atoms with E-state index in [2.05, 4.69) is 20.1 Å². The van der Waals surface area contributed by atoms with Gasteiger partial charge < -0.3 is 9.84 Å². The monoisotopic (exact) mass is 130 g/mol. The molecule has 0 spiro atoms. The predicted octanol–water partition coefficient (Wildman–Crippen LogP) is -0.744. The Morgan fingerprint density at radius 2 is 2.56 bits per heavy atom. The van der Waals surface area contributed by atoms with Gasteiger partial charge in [0.1, 0.15) is 0 Å². The normalized spacial score (nSPS) is 8.89. The first kappa shape index (κ1) is 5.48. The molecule has 0 aromatic carbocycles. The van der Waals surface area contributed by atoms with Crippen molar-refractivity contribution in [3.05, 3.63) is 0 Å². The average molecular weight is 130 g/mol. The van der Waals surface area contributed by atoms with Crippen LogP contribution < -0.4 is 4.74 Å². The first-order valence-electron chi connectivity index (χ1n) is 1.93. The van der Waals surface area contributed by atoms with Crippen molar-refractivity contribution in [2.24, 2.45) is 0 Å². The van der Waals surface area contributed by atoms with Crippen LogP contribution in [0.4, 0.5) is 4.79 Å². The maximum Gasteiger partial charge on any atom is 0.513 e. The lowest BCUT2D eigenvalue weighted by atomic mass is 11.2. The van der Waals surface area contributed by atoms with Gasteiger partial charge in [-0.1, -0.05) is 10.2 Å². The van der Waals surface area contributed by atoms with Crippen LogP contribution in [0.25, 0.3) is 0 Å². The highest BCUT2D eigenvalue weighted by molar-refractivity contribution is 5.59. The topological polar surface area (TPSA) is 101 Å². The Balaban J connectivity index is 2.58. The summed E-state index contributed by atoms with van der Waals surface area (Å²) in [5, 5.41) is 19.4. The molecule has 0 saturated carbocycles. The fourth-order valence-corrected chi connectivity index (χ4v) is 0.274. The summed E-state index contributed by atoms with van der Waals surface area (Å²) in [6.45, 7) is 0. The number of aromatic nitrogens is 4. The summed E-state index contributed by atoms with van der Waals surface area (Å²) in [7, 11) is 0. The summed E-state index contributed by atoms with van der Waals surface area (Å²) in [6, 6.07) is -0.303. The average Bonchev–Trinajstić information content (AvgIpc) is 2.15. The Morgan fingerprint density at radius 1 is 1.78 bits per heavy atom. The second-order valence-corrected chi connectivity index (χ2v) is 1.06. The zero-order chi connectivity index (χ0) is 6.69. The number of carboxylic acid groups (broad SMARTS) is 1. The van der Waals surface area contributed by atoms with Crippen LogP contribution >= 0.6 is 0 Å². The molecule has 2 N–H and O–H groups in total. The number of nitrogens with zero attached hydrogens (tertiary/aromatic N) is 3. The minimum atomic E-state index is -1.46. The number of nitrogens with one attached hydrogen (secondary N) is 1. The SMILES string of the molecule is O=C(O)Oc1nn[nH]n1. The van der Waals surface area contributed by atoms with Gasteiger partial charge in [0.25, 0.3) is 0 Å². The Bertz CT molecular complexity index is 194. The number of tetrazole rings is 1. The number of rotatable bonds is 1. The molecule has 0 bridgehead atoms. The lowest BCUT2D eigenvalue weighted by molar-refractivity contribution is 0.140. The third kappa shape index (κ3) is 1.37. The fourth-order valence-electron chi connectivity index (χ4n) is 0.274. The van der Waals surface area contributed by atoms with Crippen LogP contribution in [0.15, 0.2) is 0 Å². The highest BCUT2D eigenvalue weighted by Gasteiger charge is 2.02. The molecule has 1 rings (SSSR count). The van der Waals surface area contributed by atoms with Crippen molar-refractivity contribution >= 4 is 6.16 Å². The second-order valence-electron chi connectivity index (χ2n) is 1.06. The molecule has 7 heteroatoms. The molecular formula is C2H2N4O3. The van der Waals surface area contributed by atoms with Gasteiger partial charge in [-0.25, -0.2) is 4.79 Å². The van der Waals surface area contributed by atoms with Crippen molar-refractivity contribution in [2.75, 3.05) is 0 Å². The van der Waals surface area contributed by atoms with Gasteiger partial charge in [0, 0.05) is 0 Å². The number of hydrogen-bond donors (Lipinski definition) is 2. The molecule has 0 atom stereocenters. The Kier molecular flexibility index (Phi) is 1.26. The van der Waals surface area contributed by atoms with Crippen LogP contribution in [0.3, 0.4) is 0 Å². The van der Waals surface area contributed by atoms with Crippen LogP contribution in [0.1, 0.15) is 0 Å². The summed E-state index contributed by atoms with van der Waals surface area (Å²) in [5.41, 5.74) is 0. The van der Waals surface area contributed by atoms with Gasteiger partial charge in [-0.15, -0.1) is 0 Å². The number of carbonyl (C=O) groups is 1. The molecule has 9 heavy (non-hydrogen) atoms. The lowest BCUT2D eigenvalue weighted by Crippen LogP contribution is -2.03. The quantitative estimate of drug-likeness (QED) is 0.485. The van der Waals surface area contributed by atoms with Crippen molar-refractivity contribution in [3.8, 4) is 6.01 Å². The van der Waals surface area contributed by atoms with Crippen LogP contribution in [0.5, 0.6) is 6.01 Å². The van der Waals surface area contributed by atoms with E-state index in [4.69, 9.17) is 5.11 Å². The Labute approximate surface area is 48.6 Å². The van der Waals surface area contributed by atoms with Crippen LogP contribution in [0.2, 0.25) is 0 Å². The van der Waals surface area contributed by atoms with Gasteiger partial charge in [-0.3, -0.25) is 0 Å². The lowest BCUT2D eigenvalue weighted by Gasteiger charge is -1.85. The summed E-state index contributed by atoms with van der Waals surface area (Å²) in [4.78, 5) is 9.72. The fraction of sp³-hybridized carbons (Fsp3) is 0. The first-order valence-corrected chi connectivity index (χ1v) is 1.93. The summed E-state index contributed by atoms with van der Waals surface area (Å²) in [5.74, 6) is 0. The molecule has 1 aromatic rings. The number of ether oxygens (including phenoxy) is 1. The maximum atomic E-state index is 9.72. The molecule has 7 nitrogen and oxygen atoms in total. The predicted molar refractivity (Wildman–Crippen MR) is 22.8 cm³/mol. The molecule has 0 aliphatic heterocycles. The Hall–Kier alpha value is -1.66. The van der Waals surface area contributed by atoms with Crippen molar-refractivity contribution in [1.82, 2.24) is 20.6 Å². The van der Waals surface area contributed by atoms with Crippen molar-refractivity contribution < 1.29 is 14.6 Å². The van der Waals surface area contributed by atoms with E-state index in [1.165, 1.54) is 0 Å². The maximum absolute atomic E-state index is 9.72. The van der Waals surface area contributed by atoms with E-state index in [1.807, 2.05) is 5.21 Å². The Morgan fingerprint density at radius 3 is 3.00 bits per heavy atom. The molecule has 0 radical (unpaired) electrons. The van der Waals surface area contributed by atoms with E-state index in [-0.39, 0.29) is 6.01 Å². The second kappa shape index (κ2) is 2.07. The smallest absolute Gasteiger partial charge is 0.449 e. The number of hydrogen-bond acceptors (Lipinski definition) is 5. The molecule has 1 heterocycles. The van der Waals surface area contributed by atoms with Crippen molar-refractivity contribution in [3.63, 3.8) is 0 Å². The van der Waals surface area contributed by atoms with E-state index in [9.17, 15) is 4.79 Å². The number of aromatic amines is 1. The molecule has 0 unspecified atom stereocenters. The van der Waals surface area contributed by atoms with Gasteiger partial charge in [0.05, 0.1) is 0 Å². The van der Waals surface area contributed by atoms with Gasteiger partial charge in [0.15, 0.2) is 0 Å². The van der Waals surface area contributed by atoms with Gasteiger partial charge in [-0.05, 0) is 5.21 Å². The zero-order valence-corrected chi connectivity index (χ0v) is 4.11. The van der Waals surface area contributed by atoms with Crippen molar-refractivity contribution in [2.45, 2.75) is 0 Å². The highest BCUT2D eigenvalue weighted by atomic mass is 16.7. The van der Waals surface area contributed by atoms with E-state index < -0.39 is 6.16 Å². The van der Waals surface area contributed by atoms with Gasteiger partial charge in [-0.2, -0.15) is 5.21 Å². The summed E-state index contributed by atoms with van der Waals surface area (Å²) in [6.07, 6.45) is -1.46. The molecule has 0 fully saturated rings. The third-order valence-corrected chi connectivity index (χ3v) is 0.505. The minimum Gasteiger partial charge on any atom is -0.449 e. The van der Waals surface area contributed by atoms with Crippen LogP contribution in [-0.2, 0) is 0 Å². The standard InChI is InChI=1S/C2H2N4O3/c7-2(8)9-1-3-5-6-4-1/h(H,7,8)(H,3,4,5,6). The van der Waals surface area contributed by atoms with Gasteiger partial charge >= 0.3 is 12.2 Å². The van der Waals surface area contributed by atoms with E-state index in [0.717, 1.165) is 0 Å². The molecule has 0 saturated heterocycles. The summed E-state index contributed by atoms with van der Waals surface area (Å²) < 4.78 is 3.95. The molecule has 48 valence electrons. The number of H-pyrrole nitrogens is 1. The highest BCUT2D eigenvalue weighted by Crippen LogP contribution is 1.92. The van der Waals surface area contributed by atoms with Gasteiger partial charge in [0.2, 0.25) is 0 Å². The molecule has 0 amide bonds. The van der Waals surface area contributed by atoms with Crippen LogP contribution in [-0.4, -0.2) is 31.9 Å². The molecular weight excluding hydrogens is 128 g/mol. The molecule has 0 aliphatic rings. The van der Waals surface area contributed by atoms with Crippen molar-refractivity contribution in [1.29, 1.82) is 0 Å². The minimum absolute atomic E-state index is 0.303. The largest absolute Gasteiger partial charge is 0.513 e. The third-order valence-electron chi connectivity index (χ3n) is 0.505. The van der Waals surface area contributed by atoms with E-state index in [1.54, 1.807) is 0 Å². The van der Waals surface area contributed by atoms with E-state index in [0.29, 0.717) is 0 Å². The summed E-state index contributed by atoms with van der Waals surface area (Å²) >= 11 is 0. The zero-order valence-electron chi connectivity index (χ0n) is 4.11. The van der Waals surface area contributed by atoms with E-state index >= 15 is 0 Å². The van der Waals surface area contributed by atoms with Crippen LogP contribution in [0, 0.1) is 0 Å².